The molecular formula is C13H14F3N3S2. The fraction of sp³-hybridized carbons (Fsp3) is 0.385. The van der Waals surface area contributed by atoms with E-state index in [1.54, 1.807) is 0 Å². The first kappa shape index (κ1) is 16.1. The third kappa shape index (κ3) is 5.55. The Morgan fingerprint density at radius 2 is 1.81 bits per heavy atom. The smallest absolute Gasteiger partial charge is 0.351 e. The number of benzene rings is 1. The Kier molecular flexibility index (Phi) is 5.10. The van der Waals surface area contributed by atoms with Crippen LogP contribution in [0.2, 0.25) is 0 Å². The van der Waals surface area contributed by atoms with Crippen LogP contribution in [0.25, 0.3) is 0 Å². The zero-order valence-electron chi connectivity index (χ0n) is 11.5. The molecule has 0 atom stereocenters. The van der Waals surface area contributed by atoms with E-state index in [0.717, 1.165) is 22.7 Å². The molecule has 2 rings (SSSR count). The topological polar surface area (TPSA) is 37.8 Å². The molecule has 114 valence electrons. The molecule has 0 unspecified atom stereocenters. The van der Waals surface area contributed by atoms with E-state index < -0.39 is 12.7 Å². The molecule has 0 aliphatic rings. The number of hydrogen-bond donors (Lipinski definition) is 1. The van der Waals surface area contributed by atoms with E-state index in [4.69, 9.17) is 0 Å². The average Bonchev–Trinajstić information content (AvgIpc) is 2.80. The lowest BCUT2D eigenvalue weighted by Crippen LogP contribution is -2.21. The molecule has 1 aromatic carbocycles. The van der Waals surface area contributed by atoms with Crippen LogP contribution in [-0.2, 0) is 5.75 Å². The third-order valence-corrected chi connectivity index (χ3v) is 4.58. The van der Waals surface area contributed by atoms with E-state index in [2.05, 4.69) is 33.7 Å². The summed E-state index contributed by atoms with van der Waals surface area (Å²) in [6.07, 6.45) is -4.25. The number of aryl methyl sites for hydroxylation is 2. The van der Waals surface area contributed by atoms with Gasteiger partial charge in [-0.2, -0.15) is 13.2 Å². The molecule has 1 aromatic heterocycles. The van der Waals surface area contributed by atoms with Crippen LogP contribution in [-0.4, -0.2) is 22.9 Å². The van der Waals surface area contributed by atoms with E-state index >= 15 is 0 Å². The molecule has 0 bridgehead atoms. The molecule has 21 heavy (non-hydrogen) atoms. The van der Waals surface area contributed by atoms with Crippen LogP contribution in [0.15, 0.2) is 22.5 Å². The number of aromatic nitrogens is 2. The largest absolute Gasteiger partial charge is 0.405 e. The second-order valence-corrected chi connectivity index (χ2v) is 6.83. The molecule has 0 aliphatic carbocycles. The Bertz CT molecular complexity index is 591. The quantitative estimate of drug-likeness (QED) is 0.822. The van der Waals surface area contributed by atoms with Crippen molar-refractivity contribution in [2.75, 3.05) is 11.9 Å². The van der Waals surface area contributed by atoms with Gasteiger partial charge in [-0.3, -0.25) is 0 Å². The maximum atomic E-state index is 12.1. The van der Waals surface area contributed by atoms with E-state index in [1.807, 2.05) is 13.8 Å². The minimum Gasteiger partial charge on any atom is -0.351 e. The molecule has 1 heterocycles. The first-order valence-corrected chi connectivity index (χ1v) is 7.96. The second-order valence-electron chi connectivity index (χ2n) is 4.63. The fourth-order valence-corrected chi connectivity index (χ4v) is 3.49. The lowest BCUT2D eigenvalue weighted by atomic mass is 10.1. The Hall–Kier alpha value is -1.28. The van der Waals surface area contributed by atoms with Crippen molar-refractivity contribution in [3.05, 3.63) is 34.9 Å². The third-order valence-electron chi connectivity index (χ3n) is 2.49. The summed E-state index contributed by atoms with van der Waals surface area (Å²) in [4.78, 5) is 0. The Balaban J connectivity index is 1.90. The van der Waals surface area contributed by atoms with Crippen molar-refractivity contribution >= 4 is 28.2 Å². The summed E-state index contributed by atoms with van der Waals surface area (Å²) in [5.74, 6) is 0.719. The first-order valence-electron chi connectivity index (χ1n) is 6.16. The minimum atomic E-state index is -4.25. The van der Waals surface area contributed by atoms with Crippen LogP contribution in [0, 0.1) is 13.8 Å². The monoisotopic (exact) mass is 333 g/mol. The van der Waals surface area contributed by atoms with E-state index in [-0.39, 0.29) is 5.13 Å². The predicted octanol–water partition coefficient (Wildman–Crippen LogP) is 4.42. The number of halogens is 3. The number of hydrogen-bond acceptors (Lipinski definition) is 5. The van der Waals surface area contributed by atoms with Crippen LogP contribution < -0.4 is 5.32 Å². The van der Waals surface area contributed by atoms with Gasteiger partial charge >= 0.3 is 6.18 Å². The molecule has 0 radical (unpaired) electrons. The maximum Gasteiger partial charge on any atom is 0.405 e. The summed E-state index contributed by atoms with van der Waals surface area (Å²) in [7, 11) is 0. The van der Waals surface area contributed by atoms with Crippen molar-refractivity contribution in [3.8, 4) is 0 Å². The number of rotatable bonds is 5. The predicted molar refractivity (Wildman–Crippen MR) is 79.9 cm³/mol. The van der Waals surface area contributed by atoms with Gasteiger partial charge in [0.05, 0.1) is 0 Å². The molecule has 0 fully saturated rings. The Morgan fingerprint density at radius 1 is 1.14 bits per heavy atom. The van der Waals surface area contributed by atoms with Crippen molar-refractivity contribution in [1.82, 2.24) is 10.2 Å². The van der Waals surface area contributed by atoms with Crippen molar-refractivity contribution in [1.29, 1.82) is 0 Å². The molecule has 3 nitrogen and oxygen atoms in total. The number of thioether (sulfide) groups is 1. The van der Waals surface area contributed by atoms with Crippen LogP contribution in [0.5, 0.6) is 0 Å². The van der Waals surface area contributed by atoms with Gasteiger partial charge in [0.15, 0.2) is 4.34 Å². The second kappa shape index (κ2) is 6.65. The van der Waals surface area contributed by atoms with Crippen molar-refractivity contribution in [2.45, 2.75) is 30.1 Å². The van der Waals surface area contributed by atoms with Crippen molar-refractivity contribution in [2.24, 2.45) is 0 Å². The molecule has 0 saturated carbocycles. The van der Waals surface area contributed by atoms with Gasteiger partial charge in [0.2, 0.25) is 5.13 Å². The lowest BCUT2D eigenvalue weighted by Gasteiger charge is -2.05. The van der Waals surface area contributed by atoms with E-state index in [0.29, 0.717) is 4.34 Å². The summed E-state index contributed by atoms with van der Waals surface area (Å²) >= 11 is 2.60. The van der Waals surface area contributed by atoms with E-state index in [9.17, 15) is 13.2 Å². The molecule has 2 aromatic rings. The van der Waals surface area contributed by atoms with Gasteiger partial charge in [-0.05, 0) is 19.4 Å². The van der Waals surface area contributed by atoms with Crippen molar-refractivity contribution in [3.63, 3.8) is 0 Å². The van der Waals surface area contributed by atoms with Crippen LogP contribution >= 0.6 is 23.1 Å². The van der Waals surface area contributed by atoms with Gasteiger partial charge in [-0.25, -0.2) is 0 Å². The highest BCUT2D eigenvalue weighted by molar-refractivity contribution is 8.00. The first-order chi connectivity index (χ1) is 9.82. The minimum absolute atomic E-state index is 0.190. The molecule has 8 heteroatoms. The van der Waals surface area contributed by atoms with Crippen LogP contribution in [0.1, 0.15) is 16.7 Å². The van der Waals surface area contributed by atoms with Crippen molar-refractivity contribution < 1.29 is 13.2 Å². The highest BCUT2D eigenvalue weighted by Crippen LogP contribution is 2.29. The lowest BCUT2D eigenvalue weighted by molar-refractivity contribution is -0.115. The Morgan fingerprint density at radius 3 is 2.43 bits per heavy atom. The average molecular weight is 333 g/mol. The zero-order valence-corrected chi connectivity index (χ0v) is 13.1. The summed E-state index contributed by atoms with van der Waals surface area (Å²) in [5.41, 5.74) is 3.54. The van der Waals surface area contributed by atoms with Gasteiger partial charge in [0.25, 0.3) is 0 Å². The molecule has 0 amide bonds. The van der Waals surface area contributed by atoms with Gasteiger partial charge in [0.1, 0.15) is 6.54 Å². The van der Waals surface area contributed by atoms with E-state index in [1.165, 1.54) is 22.9 Å². The molecule has 1 N–H and O–H groups in total. The molecule has 0 aliphatic heterocycles. The number of nitrogens with one attached hydrogen (secondary N) is 1. The highest BCUT2D eigenvalue weighted by atomic mass is 32.2. The van der Waals surface area contributed by atoms with Crippen LogP contribution in [0.3, 0.4) is 0 Å². The SMILES string of the molecule is Cc1cc(C)cc(CSc2nnc(NCC(F)(F)F)s2)c1. The Labute approximate surface area is 129 Å². The molecule has 0 spiro atoms. The number of nitrogens with zero attached hydrogens (tertiary/aromatic N) is 2. The molecule has 0 saturated heterocycles. The zero-order chi connectivity index (χ0) is 15.5. The normalized spacial score (nSPS) is 11.7. The van der Waals surface area contributed by atoms with Gasteiger partial charge in [-0.1, -0.05) is 52.4 Å². The fourth-order valence-electron chi connectivity index (χ4n) is 1.81. The highest BCUT2D eigenvalue weighted by Gasteiger charge is 2.27. The summed E-state index contributed by atoms with van der Waals surface area (Å²) in [5, 5.41) is 10.00. The summed E-state index contributed by atoms with van der Waals surface area (Å²) in [6.45, 7) is 2.97. The number of alkyl halides is 3. The maximum absolute atomic E-state index is 12.1. The number of anilines is 1. The summed E-state index contributed by atoms with van der Waals surface area (Å²) < 4.78 is 36.9. The summed E-state index contributed by atoms with van der Waals surface area (Å²) in [6, 6.07) is 6.27. The van der Waals surface area contributed by atoms with Gasteiger partial charge in [-0.15, -0.1) is 10.2 Å². The molecular weight excluding hydrogens is 319 g/mol. The standard InChI is InChI=1S/C13H14F3N3S2/c1-8-3-9(2)5-10(4-8)6-20-12-19-18-11(21-12)17-7-13(14,15)16/h3-5H,6-7H2,1-2H3,(H,17,18). The van der Waals surface area contributed by atoms with Gasteiger partial charge < -0.3 is 5.32 Å². The van der Waals surface area contributed by atoms with Gasteiger partial charge in [0, 0.05) is 5.75 Å². The van der Waals surface area contributed by atoms with Crippen LogP contribution in [0.4, 0.5) is 18.3 Å².